The number of benzene rings is 2. The zero-order chi connectivity index (χ0) is 23.4. The molecule has 6 heteroatoms. The van der Waals surface area contributed by atoms with Crippen molar-refractivity contribution in [3.8, 4) is 0 Å². The topological polar surface area (TPSA) is 55.9 Å². The van der Waals surface area contributed by atoms with E-state index in [1.54, 1.807) is 0 Å². The first kappa shape index (κ1) is 23.3. The Hall–Kier alpha value is -2.86. The summed E-state index contributed by atoms with van der Waals surface area (Å²) in [5.41, 5.74) is 4.47. The van der Waals surface area contributed by atoms with E-state index in [1.165, 1.54) is 5.56 Å². The lowest BCUT2D eigenvalue weighted by molar-refractivity contribution is -0.140. The van der Waals surface area contributed by atoms with Crippen molar-refractivity contribution in [2.24, 2.45) is 5.92 Å². The predicted octanol–water partition coefficient (Wildman–Crippen LogP) is 3.23. The van der Waals surface area contributed by atoms with E-state index in [2.05, 4.69) is 46.3 Å². The van der Waals surface area contributed by atoms with Crippen LogP contribution in [0.3, 0.4) is 0 Å². The maximum absolute atomic E-state index is 13.6. The van der Waals surface area contributed by atoms with E-state index >= 15 is 0 Å². The fourth-order valence-corrected chi connectivity index (χ4v) is 4.83. The Morgan fingerprint density at radius 1 is 1.00 bits per heavy atom. The lowest BCUT2D eigenvalue weighted by Gasteiger charge is -2.40. The molecule has 0 spiro atoms. The molecule has 0 aromatic heterocycles. The maximum Gasteiger partial charge on any atom is 0.244 e. The number of rotatable bonds is 6. The molecule has 176 valence electrons. The summed E-state index contributed by atoms with van der Waals surface area (Å²) in [6, 6.07) is 16.0. The Balaban J connectivity index is 1.43. The Bertz CT molecular complexity index is 964. The molecule has 2 aliphatic rings. The highest BCUT2D eigenvalue weighted by Gasteiger charge is 2.37. The van der Waals surface area contributed by atoms with E-state index in [-0.39, 0.29) is 24.4 Å². The van der Waals surface area contributed by atoms with Crippen molar-refractivity contribution in [1.29, 1.82) is 0 Å². The predicted molar refractivity (Wildman–Crippen MR) is 132 cm³/mol. The number of hydrogen-bond donors (Lipinski definition) is 1. The first-order valence-corrected chi connectivity index (χ1v) is 12.1. The van der Waals surface area contributed by atoms with E-state index in [9.17, 15) is 9.59 Å². The van der Waals surface area contributed by atoms with Crippen LogP contribution in [0.1, 0.15) is 42.5 Å². The summed E-state index contributed by atoms with van der Waals surface area (Å²) < 4.78 is 0. The highest BCUT2D eigenvalue weighted by Crippen LogP contribution is 2.32. The molecule has 0 aliphatic carbocycles. The van der Waals surface area contributed by atoms with Crippen molar-refractivity contribution in [2.75, 3.05) is 45.2 Å². The molecule has 2 aliphatic heterocycles. The third-order valence-electron chi connectivity index (χ3n) is 7.00. The number of hydrogen-bond acceptors (Lipinski definition) is 4. The number of nitrogens with one attached hydrogen (secondary N) is 1. The summed E-state index contributed by atoms with van der Waals surface area (Å²) in [5, 5.41) is 3.04. The van der Waals surface area contributed by atoms with Gasteiger partial charge < -0.3 is 15.1 Å². The molecule has 2 aromatic carbocycles. The molecule has 1 fully saturated rings. The number of carbonyl (C=O) groups is 2. The quantitative estimate of drug-likeness (QED) is 0.737. The third-order valence-corrected chi connectivity index (χ3v) is 7.00. The second-order valence-corrected chi connectivity index (χ2v) is 9.67. The molecule has 6 nitrogen and oxygen atoms in total. The number of anilines is 1. The molecule has 1 saturated heterocycles. The largest absolute Gasteiger partial charge is 0.378 e. The fourth-order valence-electron chi connectivity index (χ4n) is 4.83. The Labute approximate surface area is 197 Å². The average Bonchev–Trinajstić information content (AvgIpc) is 2.83. The summed E-state index contributed by atoms with van der Waals surface area (Å²) in [7, 11) is 4.02. The van der Waals surface area contributed by atoms with Crippen LogP contribution in [0.15, 0.2) is 48.5 Å². The zero-order valence-corrected chi connectivity index (χ0v) is 20.1. The van der Waals surface area contributed by atoms with Gasteiger partial charge in [0.05, 0.1) is 6.54 Å². The van der Waals surface area contributed by atoms with Crippen LogP contribution >= 0.6 is 0 Å². The van der Waals surface area contributed by atoms with E-state index in [0.717, 1.165) is 49.2 Å². The Kier molecular flexibility index (Phi) is 7.33. The first-order valence-electron chi connectivity index (χ1n) is 12.1. The normalized spacial score (nSPS) is 19.1. The molecule has 2 amide bonds. The average molecular weight is 449 g/mol. The molecule has 2 heterocycles. The standard InChI is InChI=1S/C27H36N4O2/c1-20-12-15-30(16-13-20)27(33)26-24-7-5-4-6-22(24)14-17-31(26)19-25(32)28-18-21-8-10-23(11-9-21)29(2)3/h4-11,20,26H,12-19H2,1-3H3,(H,28,32)/t26-/m0/s1. The highest BCUT2D eigenvalue weighted by molar-refractivity contribution is 5.85. The van der Waals surface area contributed by atoms with Gasteiger partial charge in [-0.2, -0.15) is 0 Å². The minimum absolute atomic E-state index is 0.0452. The van der Waals surface area contributed by atoms with Crippen LogP contribution in [0.4, 0.5) is 5.69 Å². The summed E-state index contributed by atoms with van der Waals surface area (Å²) in [6.45, 7) is 5.29. The van der Waals surface area contributed by atoms with Crippen LogP contribution in [0, 0.1) is 5.92 Å². The third kappa shape index (κ3) is 5.56. The second-order valence-electron chi connectivity index (χ2n) is 9.67. The summed E-state index contributed by atoms with van der Waals surface area (Å²) >= 11 is 0. The molecule has 0 unspecified atom stereocenters. The molecular formula is C27H36N4O2. The number of fused-ring (bicyclic) bond motifs is 1. The lowest BCUT2D eigenvalue weighted by atomic mass is 9.90. The van der Waals surface area contributed by atoms with Gasteiger partial charge in [-0.1, -0.05) is 43.3 Å². The van der Waals surface area contributed by atoms with Crippen LogP contribution in [0.2, 0.25) is 0 Å². The van der Waals surface area contributed by atoms with Gasteiger partial charge in [-0.15, -0.1) is 0 Å². The van der Waals surface area contributed by atoms with Crippen LogP contribution in [-0.2, 0) is 22.6 Å². The van der Waals surface area contributed by atoms with Gasteiger partial charge in [-0.05, 0) is 54.0 Å². The van der Waals surface area contributed by atoms with Gasteiger partial charge in [0.2, 0.25) is 11.8 Å². The fraction of sp³-hybridized carbons (Fsp3) is 0.481. The van der Waals surface area contributed by atoms with Crippen molar-refractivity contribution < 1.29 is 9.59 Å². The van der Waals surface area contributed by atoms with Crippen LogP contribution in [0.25, 0.3) is 0 Å². The summed E-state index contributed by atoms with van der Waals surface area (Å²) in [5.74, 6) is 0.763. The molecule has 0 saturated carbocycles. The molecule has 2 aromatic rings. The molecular weight excluding hydrogens is 412 g/mol. The van der Waals surface area contributed by atoms with Crippen LogP contribution in [-0.4, -0.2) is 61.9 Å². The molecule has 33 heavy (non-hydrogen) atoms. The minimum atomic E-state index is -0.381. The number of carbonyl (C=O) groups excluding carboxylic acids is 2. The SMILES string of the molecule is CC1CCN(C(=O)[C@@H]2c3ccccc3CCN2CC(=O)NCc2ccc(N(C)C)cc2)CC1. The number of nitrogens with zero attached hydrogens (tertiary/aromatic N) is 3. The second kappa shape index (κ2) is 10.4. The van der Waals surface area contributed by atoms with Crippen molar-refractivity contribution in [1.82, 2.24) is 15.1 Å². The number of amides is 2. The van der Waals surface area contributed by atoms with Gasteiger partial charge in [0.15, 0.2) is 0 Å². The van der Waals surface area contributed by atoms with Gasteiger partial charge in [0.1, 0.15) is 6.04 Å². The van der Waals surface area contributed by atoms with Crippen LogP contribution in [0.5, 0.6) is 0 Å². The smallest absolute Gasteiger partial charge is 0.244 e. The molecule has 1 atom stereocenters. The Morgan fingerprint density at radius 3 is 2.39 bits per heavy atom. The van der Waals surface area contributed by atoms with E-state index < -0.39 is 0 Å². The lowest BCUT2D eigenvalue weighted by Crippen LogP contribution is -2.50. The Morgan fingerprint density at radius 2 is 1.70 bits per heavy atom. The van der Waals surface area contributed by atoms with Gasteiger partial charge in [0.25, 0.3) is 0 Å². The van der Waals surface area contributed by atoms with Crippen molar-refractivity contribution in [3.63, 3.8) is 0 Å². The number of likely N-dealkylation sites (tertiary alicyclic amines) is 1. The maximum atomic E-state index is 13.6. The van der Waals surface area contributed by atoms with Gasteiger partial charge in [0, 0.05) is 46.0 Å². The highest BCUT2D eigenvalue weighted by atomic mass is 16.2. The van der Waals surface area contributed by atoms with Gasteiger partial charge in [-0.25, -0.2) is 0 Å². The zero-order valence-electron chi connectivity index (χ0n) is 20.1. The van der Waals surface area contributed by atoms with Crippen molar-refractivity contribution in [3.05, 3.63) is 65.2 Å². The minimum Gasteiger partial charge on any atom is -0.378 e. The van der Waals surface area contributed by atoms with E-state index in [1.807, 2.05) is 43.3 Å². The molecule has 1 N–H and O–H groups in total. The van der Waals surface area contributed by atoms with E-state index in [0.29, 0.717) is 19.0 Å². The first-order chi connectivity index (χ1) is 15.9. The van der Waals surface area contributed by atoms with Gasteiger partial charge in [-0.3, -0.25) is 14.5 Å². The van der Waals surface area contributed by atoms with Crippen molar-refractivity contribution in [2.45, 2.75) is 38.8 Å². The van der Waals surface area contributed by atoms with E-state index in [4.69, 9.17) is 0 Å². The summed E-state index contributed by atoms with van der Waals surface area (Å²) in [4.78, 5) is 32.6. The monoisotopic (exact) mass is 448 g/mol. The number of piperidine rings is 1. The van der Waals surface area contributed by atoms with Gasteiger partial charge >= 0.3 is 0 Å². The molecule has 0 radical (unpaired) electrons. The summed E-state index contributed by atoms with van der Waals surface area (Å²) in [6.07, 6.45) is 2.96. The van der Waals surface area contributed by atoms with Crippen LogP contribution < -0.4 is 10.2 Å². The molecule has 0 bridgehead atoms. The molecule has 4 rings (SSSR count). The van der Waals surface area contributed by atoms with Crippen molar-refractivity contribution >= 4 is 17.5 Å².